The number of rotatable bonds is 20. The summed E-state index contributed by atoms with van der Waals surface area (Å²) in [7, 11) is 1.42. The van der Waals surface area contributed by atoms with Crippen LogP contribution in [0.4, 0.5) is 0 Å². The fourth-order valence-electron chi connectivity index (χ4n) is 3.86. The van der Waals surface area contributed by atoms with Crippen molar-refractivity contribution in [2.24, 2.45) is 5.92 Å². The van der Waals surface area contributed by atoms with E-state index in [0.717, 1.165) is 18.8 Å². The van der Waals surface area contributed by atoms with Crippen LogP contribution < -0.4 is 9.47 Å². The number of allylic oxidation sites excluding steroid dienone is 1. The normalized spacial score (nSPS) is 11.4. The van der Waals surface area contributed by atoms with Gasteiger partial charge in [-0.25, -0.2) is 0 Å². The molecule has 0 heterocycles. The van der Waals surface area contributed by atoms with Gasteiger partial charge in [0.2, 0.25) is 0 Å². The van der Waals surface area contributed by atoms with Crippen molar-refractivity contribution >= 4 is 18.2 Å². The standard InChI is InChI=1S/C30H46O6/c1-24(2)14-12-10-8-6-5-7-9-11-13-15-25(3)20-21-35-29(32)18-19-30(33)36-27-17-16-26(23-31)22-28(27)34-4/h16-17,20,22-24H,5-15,18-19,21H2,1-4H3/b25-20+. The molecule has 0 fully saturated rings. The molecule has 0 aliphatic rings. The number of hydrogen-bond donors (Lipinski definition) is 0. The number of benzene rings is 1. The Balaban J connectivity index is 2.09. The summed E-state index contributed by atoms with van der Waals surface area (Å²) >= 11 is 0. The molecule has 1 aromatic carbocycles. The van der Waals surface area contributed by atoms with Gasteiger partial charge in [0.1, 0.15) is 12.9 Å². The molecule has 36 heavy (non-hydrogen) atoms. The van der Waals surface area contributed by atoms with E-state index >= 15 is 0 Å². The molecule has 6 nitrogen and oxygen atoms in total. The van der Waals surface area contributed by atoms with Gasteiger partial charge in [-0.1, -0.05) is 77.2 Å². The molecule has 0 saturated carbocycles. The number of esters is 2. The zero-order valence-electron chi connectivity index (χ0n) is 22.8. The molecule has 0 saturated heterocycles. The van der Waals surface area contributed by atoms with E-state index in [0.29, 0.717) is 11.8 Å². The third kappa shape index (κ3) is 15.4. The Labute approximate surface area is 217 Å². The topological polar surface area (TPSA) is 78.9 Å². The first-order valence-electron chi connectivity index (χ1n) is 13.5. The van der Waals surface area contributed by atoms with Crippen molar-refractivity contribution in [3.63, 3.8) is 0 Å². The molecule has 0 bridgehead atoms. The van der Waals surface area contributed by atoms with Crippen molar-refractivity contribution in [1.82, 2.24) is 0 Å². The van der Waals surface area contributed by atoms with Gasteiger partial charge in [-0.2, -0.15) is 0 Å². The SMILES string of the molecule is COc1cc(C=O)ccc1OC(=O)CCC(=O)OC/C=C(\C)CCCCCCCCCCCC(C)C. The lowest BCUT2D eigenvalue weighted by molar-refractivity contribution is -0.146. The molecule has 0 N–H and O–H groups in total. The quantitative estimate of drug-likeness (QED) is 0.0599. The maximum absolute atomic E-state index is 12.0. The minimum Gasteiger partial charge on any atom is -0.493 e. The van der Waals surface area contributed by atoms with Crippen LogP contribution in [0.15, 0.2) is 29.8 Å². The molecule has 0 radical (unpaired) electrons. The zero-order chi connectivity index (χ0) is 26.6. The monoisotopic (exact) mass is 502 g/mol. The van der Waals surface area contributed by atoms with Crippen LogP contribution >= 0.6 is 0 Å². The van der Waals surface area contributed by atoms with Crippen LogP contribution in [0, 0.1) is 5.92 Å². The first kappa shape index (κ1) is 31.4. The second-order valence-electron chi connectivity index (χ2n) is 9.85. The van der Waals surface area contributed by atoms with Gasteiger partial charge in [-0.3, -0.25) is 14.4 Å². The Bertz CT molecular complexity index is 812. The second kappa shape index (κ2) is 19.5. The Hall–Kier alpha value is -2.63. The van der Waals surface area contributed by atoms with Crippen LogP contribution in [0.5, 0.6) is 11.5 Å². The Morgan fingerprint density at radius 2 is 1.44 bits per heavy atom. The molecule has 0 unspecified atom stereocenters. The van der Waals surface area contributed by atoms with Crippen LogP contribution in [-0.4, -0.2) is 31.9 Å². The Morgan fingerprint density at radius 3 is 2.06 bits per heavy atom. The fraction of sp³-hybridized carbons (Fsp3) is 0.633. The van der Waals surface area contributed by atoms with E-state index in [9.17, 15) is 14.4 Å². The highest BCUT2D eigenvalue weighted by Crippen LogP contribution is 2.28. The van der Waals surface area contributed by atoms with Crippen LogP contribution in [-0.2, 0) is 14.3 Å². The minimum atomic E-state index is -0.568. The van der Waals surface area contributed by atoms with Crippen molar-refractivity contribution in [2.45, 2.75) is 104 Å². The Kier molecular flexibility index (Phi) is 17.0. The van der Waals surface area contributed by atoms with E-state index in [1.165, 1.54) is 88.7 Å². The average Bonchev–Trinajstić information content (AvgIpc) is 2.86. The van der Waals surface area contributed by atoms with Gasteiger partial charge in [0, 0.05) is 5.56 Å². The lowest BCUT2D eigenvalue weighted by Gasteiger charge is -2.09. The average molecular weight is 503 g/mol. The maximum atomic E-state index is 12.0. The van der Waals surface area contributed by atoms with Gasteiger partial charge in [-0.05, 0) is 50.0 Å². The lowest BCUT2D eigenvalue weighted by atomic mass is 10.0. The molecule has 0 spiro atoms. The van der Waals surface area contributed by atoms with E-state index in [2.05, 4.69) is 20.8 Å². The first-order valence-corrected chi connectivity index (χ1v) is 13.5. The van der Waals surface area contributed by atoms with Crippen LogP contribution in [0.3, 0.4) is 0 Å². The van der Waals surface area contributed by atoms with Crippen molar-refractivity contribution < 1.29 is 28.6 Å². The van der Waals surface area contributed by atoms with Crippen molar-refractivity contribution in [3.8, 4) is 11.5 Å². The first-order chi connectivity index (χ1) is 17.3. The summed E-state index contributed by atoms with van der Waals surface area (Å²) in [4.78, 5) is 34.8. The van der Waals surface area contributed by atoms with E-state index in [-0.39, 0.29) is 30.9 Å². The van der Waals surface area contributed by atoms with Crippen molar-refractivity contribution in [3.05, 3.63) is 35.4 Å². The Morgan fingerprint density at radius 1 is 0.833 bits per heavy atom. The molecule has 202 valence electrons. The molecule has 0 amide bonds. The summed E-state index contributed by atoms with van der Waals surface area (Å²) in [6.07, 6.45) is 16.7. The van der Waals surface area contributed by atoms with E-state index in [1.807, 2.05) is 6.08 Å². The summed E-state index contributed by atoms with van der Waals surface area (Å²) < 4.78 is 15.6. The number of carbonyl (C=O) groups is 3. The van der Waals surface area contributed by atoms with E-state index < -0.39 is 11.9 Å². The van der Waals surface area contributed by atoms with Crippen molar-refractivity contribution in [2.75, 3.05) is 13.7 Å². The fourth-order valence-corrected chi connectivity index (χ4v) is 3.86. The van der Waals surface area contributed by atoms with Gasteiger partial charge in [0.25, 0.3) is 0 Å². The molecule has 1 rings (SSSR count). The third-order valence-electron chi connectivity index (χ3n) is 6.11. The van der Waals surface area contributed by atoms with Gasteiger partial charge < -0.3 is 14.2 Å². The largest absolute Gasteiger partial charge is 0.493 e. The van der Waals surface area contributed by atoms with Crippen molar-refractivity contribution in [1.29, 1.82) is 0 Å². The molecule has 6 heteroatoms. The number of aldehydes is 1. The number of unbranched alkanes of at least 4 members (excludes halogenated alkanes) is 8. The molecule has 1 aromatic rings. The van der Waals surface area contributed by atoms with Crippen LogP contribution in [0.2, 0.25) is 0 Å². The number of carbonyl (C=O) groups excluding carboxylic acids is 3. The second-order valence-corrected chi connectivity index (χ2v) is 9.85. The van der Waals surface area contributed by atoms with Gasteiger partial charge in [0.05, 0.1) is 20.0 Å². The van der Waals surface area contributed by atoms with Gasteiger partial charge in [-0.15, -0.1) is 0 Å². The van der Waals surface area contributed by atoms with Crippen LogP contribution in [0.1, 0.15) is 115 Å². The number of ether oxygens (including phenoxy) is 3. The van der Waals surface area contributed by atoms with Crippen LogP contribution in [0.25, 0.3) is 0 Å². The number of hydrogen-bond acceptors (Lipinski definition) is 6. The van der Waals surface area contributed by atoms with Gasteiger partial charge >= 0.3 is 11.9 Å². The van der Waals surface area contributed by atoms with Gasteiger partial charge in [0.15, 0.2) is 11.5 Å². The molecule has 0 aromatic heterocycles. The predicted octanol–water partition coefficient (Wildman–Crippen LogP) is 7.63. The molecule has 0 aliphatic carbocycles. The summed E-state index contributed by atoms with van der Waals surface area (Å²) in [6, 6.07) is 4.50. The minimum absolute atomic E-state index is 0.0574. The summed E-state index contributed by atoms with van der Waals surface area (Å²) in [6.45, 7) is 6.87. The number of methoxy groups -OCH3 is 1. The van der Waals surface area contributed by atoms with E-state index in [1.54, 1.807) is 0 Å². The molecule has 0 atom stereocenters. The highest BCUT2D eigenvalue weighted by atomic mass is 16.6. The predicted molar refractivity (Wildman–Crippen MR) is 144 cm³/mol. The zero-order valence-corrected chi connectivity index (χ0v) is 22.8. The molecular formula is C30H46O6. The highest BCUT2D eigenvalue weighted by molar-refractivity contribution is 5.80. The highest BCUT2D eigenvalue weighted by Gasteiger charge is 2.13. The van der Waals surface area contributed by atoms with E-state index in [4.69, 9.17) is 14.2 Å². The molecular weight excluding hydrogens is 456 g/mol. The summed E-state index contributed by atoms with van der Waals surface area (Å²) in [5.74, 6) is 0.309. The smallest absolute Gasteiger partial charge is 0.311 e. The lowest BCUT2D eigenvalue weighted by Crippen LogP contribution is -2.13. The summed E-state index contributed by atoms with van der Waals surface area (Å²) in [5.41, 5.74) is 1.63. The summed E-state index contributed by atoms with van der Waals surface area (Å²) in [5, 5.41) is 0. The maximum Gasteiger partial charge on any atom is 0.311 e. The third-order valence-corrected chi connectivity index (χ3v) is 6.11. The molecule has 0 aliphatic heterocycles.